The highest BCUT2D eigenvalue weighted by Gasteiger charge is 2.15. The number of thioether (sulfide) groups is 1. The van der Waals surface area contributed by atoms with Crippen molar-refractivity contribution in [2.45, 2.75) is 38.4 Å². The Balaban J connectivity index is 2.08. The van der Waals surface area contributed by atoms with Crippen LogP contribution in [0.2, 0.25) is 0 Å². The van der Waals surface area contributed by atoms with Crippen LogP contribution in [0.5, 0.6) is 0 Å². The SMILES string of the molecule is CCC(=O)CCCN1CCSC(C)C1. The summed E-state index contributed by atoms with van der Waals surface area (Å²) in [7, 11) is 0. The normalized spacial score (nSPS) is 23.7. The second-order valence-corrected chi connectivity index (χ2v) is 5.52. The van der Waals surface area contributed by atoms with Crippen LogP contribution < -0.4 is 0 Å². The Hall–Kier alpha value is -0.0200. The zero-order chi connectivity index (χ0) is 10.4. The van der Waals surface area contributed by atoms with Gasteiger partial charge in [-0.05, 0) is 13.0 Å². The van der Waals surface area contributed by atoms with Crippen molar-refractivity contribution >= 4 is 17.5 Å². The van der Waals surface area contributed by atoms with Crippen LogP contribution in [0.3, 0.4) is 0 Å². The number of nitrogens with zero attached hydrogens (tertiary/aromatic N) is 1. The Morgan fingerprint density at radius 1 is 1.57 bits per heavy atom. The molecule has 0 aromatic heterocycles. The highest BCUT2D eigenvalue weighted by atomic mass is 32.2. The molecule has 1 unspecified atom stereocenters. The lowest BCUT2D eigenvalue weighted by Gasteiger charge is -2.30. The molecule has 1 aliphatic heterocycles. The first kappa shape index (κ1) is 12.1. The molecule has 1 saturated heterocycles. The molecular weight excluding hydrogens is 194 g/mol. The molecule has 14 heavy (non-hydrogen) atoms. The molecule has 0 saturated carbocycles. The average molecular weight is 215 g/mol. The van der Waals surface area contributed by atoms with Crippen molar-refractivity contribution in [2.75, 3.05) is 25.4 Å². The quantitative estimate of drug-likeness (QED) is 0.701. The van der Waals surface area contributed by atoms with Crippen LogP contribution in [0.1, 0.15) is 33.1 Å². The largest absolute Gasteiger partial charge is 0.301 e. The molecule has 1 heterocycles. The van der Waals surface area contributed by atoms with E-state index in [1.54, 1.807) is 0 Å². The van der Waals surface area contributed by atoms with Crippen molar-refractivity contribution in [3.05, 3.63) is 0 Å². The molecule has 1 aliphatic rings. The van der Waals surface area contributed by atoms with Crippen LogP contribution in [0.25, 0.3) is 0 Å². The van der Waals surface area contributed by atoms with E-state index in [0.717, 1.165) is 24.6 Å². The molecule has 0 bridgehead atoms. The Morgan fingerprint density at radius 2 is 2.36 bits per heavy atom. The van der Waals surface area contributed by atoms with Gasteiger partial charge in [-0.15, -0.1) is 0 Å². The number of Topliss-reactive ketones (excluding diaryl/α,β-unsaturated/α-hetero) is 1. The summed E-state index contributed by atoms with van der Waals surface area (Å²) in [6.45, 7) is 7.74. The van der Waals surface area contributed by atoms with Crippen LogP contribution in [0.4, 0.5) is 0 Å². The zero-order valence-corrected chi connectivity index (χ0v) is 10.1. The van der Waals surface area contributed by atoms with E-state index in [1.165, 1.54) is 18.8 Å². The Bertz CT molecular complexity index is 184. The number of carbonyl (C=O) groups excluding carboxylic acids is 1. The van der Waals surface area contributed by atoms with E-state index in [9.17, 15) is 4.79 Å². The van der Waals surface area contributed by atoms with Gasteiger partial charge in [0.1, 0.15) is 5.78 Å². The minimum Gasteiger partial charge on any atom is -0.301 e. The third-order valence-corrected chi connectivity index (χ3v) is 3.79. The molecule has 0 radical (unpaired) electrons. The minimum absolute atomic E-state index is 0.407. The van der Waals surface area contributed by atoms with Crippen LogP contribution in [-0.2, 0) is 4.79 Å². The molecule has 1 rings (SSSR count). The second-order valence-electron chi connectivity index (χ2n) is 3.98. The Kier molecular flexibility index (Phi) is 5.56. The van der Waals surface area contributed by atoms with Gasteiger partial charge in [-0.2, -0.15) is 11.8 Å². The first-order valence-corrected chi connectivity index (χ1v) is 6.63. The van der Waals surface area contributed by atoms with Gasteiger partial charge in [-0.1, -0.05) is 13.8 Å². The number of rotatable bonds is 5. The fraction of sp³-hybridized carbons (Fsp3) is 0.909. The third kappa shape index (κ3) is 4.47. The summed E-state index contributed by atoms with van der Waals surface area (Å²) in [5.41, 5.74) is 0. The summed E-state index contributed by atoms with van der Waals surface area (Å²) in [4.78, 5) is 13.6. The van der Waals surface area contributed by atoms with Gasteiger partial charge in [0.2, 0.25) is 0 Å². The molecule has 0 aromatic rings. The summed E-state index contributed by atoms with van der Waals surface area (Å²) >= 11 is 2.06. The lowest BCUT2D eigenvalue weighted by atomic mass is 10.2. The van der Waals surface area contributed by atoms with E-state index in [2.05, 4.69) is 23.6 Å². The van der Waals surface area contributed by atoms with Crippen molar-refractivity contribution in [2.24, 2.45) is 0 Å². The van der Waals surface area contributed by atoms with Crippen LogP contribution >= 0.6 is 11.8 Å². The molecule has 1 fully saturated rings. The van der Waals surface area contributed by atoms with Gasteiger partial charge in [0, 0.05) is 36.9 Å². The predicted molar refractivity (Wildman–Crippen MR) is 62.9 cm³/mol. The van der Waals surface area contributed by atoms with Crippen molar-refractivity contribution in [1.82, 2.24) is 4.90 Å². The summed E-state index contributed by atoms with van der Waals surface area (Å²) in [5, 5.41) is 0.769. The van der Waals surface area contributed by atoms with E-state index >= 15 is 0 Å². The molecule has 0 N–H and O–H groups in total. The van der Waals surface area contributed by atoms with Crippen LogP contribution in [0.15, 0.2) is 0 Å². The molecule has 0 aromatic carbocycles. The van der Waals surface area contributed by atoms with Crippen molar-refractivity contribution < 1.29 is 4.79 Å². The van der Waals surface area contributed by atoms with Gasteiger partial charge in [-0.3, -0.25) is 4.79 Å². The fourth-order valence-corrected chi connectivity index (χ4v) is 2.85. The van der Waals surface area contributed by atoms with Crippen LogP contribution in [0, 0.1) is 0 Å². The maximum absolute atomic E-state index is 11.1. The van der Waals surface area contributed by atoms with Gasteiger partial charge in [0.15, 0.2) is 0 Å². The van der Waals surface area contributed by atoms with Crippen molar-refractivity contribution in [3.8, 4) is 0 Å². The Morgan fingerprint density at radius 3 is 3.00 bits per heavy atom. The standard InChI is InChI=1S/C11H21NOS/c1-3-11(13)5-4-6-12-7-8-14-10(2)9-12/h10H,3-9H2,1-2H3. The fourth-order valence-electron chi connectivity index (χ4n) is 1.77. The molecule has 82 valence electrons. The average Bonchev–Trinajstić information content (AvgIpc) is 2.17. The zero-order valence-electron chi connectivity index (χ0n) is 9.29. The monoisotopic (exact) mass is 215 g/mol. The molecule has 0 spiro atoms. The highest BCUT2D eigenvalue weighted by Crippen LogP contribution is 2.17. The number of hydrogen-bond donors (Lipinski definition) is 0. The maximum Gasteiger partial charge on any atom is 0.132 e. The predicted octanol–water partition coefficient (Wildman–Crippen LogP) is 2.18. The van der Waals surface area contributed by atoms with Crippen molar-refractivity contribution in [3.63, 3.8) is 0 Å². The second kappa shape index (κ2) is 6.46. The number of ketones is 1. The maximum atomic E-state index is 11.1. The molecule has 0 aliphatic carbocycles. The number of hydrogen-bond acceptors (Lipinski definition) is 3. The lowest BCUT2D eigenvalue weighted by Crippen LogP contribution is -2.37. The van der Waals surface area contributed by atoms with Gasteiger partial charge >= 0.3 is 0 Å². The van der Waals surface area contributed by atoms with E-state index in [0.29, 0.717) is 12.2 Å². The van der Waals surface area contributed by atoms with E-state index < -0.39 is 0 Å². The molecule has 0 amide bonds. The Labute approximate surface area is 91.4 Å². The van der Waals surface area contributed by atoms with Gasteiger partial charge in [-0.25, -0.2) is 0 Å². The first-order chi connectivity index (χ1) is 6.72. The van der Waals surface area contributed by atoms with Gasteiger partial charge in [0.25, 0.3) is 0 Å². The highest BCUT2D eigenvalue weighted by molar-refractivity contribution is 7.99. The summed E-state index contributed by atoms with van der Waals surface area (Å²) in [6.07, 6.45) is 2.52. The summed E-state index contributed by atoms with van der Waals surface area (Å²) in [5.74, 6) is 1.66. The molecule has 1 atom stereocenters. The smallest absolute Gasteiger partial charge is 0.132 e. The summed E-state index contributed by atoms with van der Waals surface area (Å²) in [6, 6.07) is 0. The van der Waals surface area contributed by atoms with Crippen molar-refractivity contribution in [1.29, 1.82) is 0 Å². The van der Waals surface area contributed by atoms with E-state index in [1.807, 2.05) is 6.92 Å². The molecule has 2 nitrogen and oxygen atoms in total. The van der Waals surface area contributed by atoms with Gasteiger partial charge < -0.3 is 4.90 Å². The summed E-state index contributed by atoms with van der Waals surface area (Å²) < 4.78 is 0. The first-order valence-electron chi connectivity index (χ1n) is 5.58. The molecule has 3 heteroatoms. The minimum atomic E-state index is 0.407. The van der Waals surface area contributed by atoms with E-state index in [-0.39, 0.29) is 0 Å². The van der Waals surface area contributed by atoms with E-state index in [4.69, 9.17) is 0 Å². The topological polar surface area (TPSA) is 20.3 Å². The van der Waals surface area contributed by atoms with Crippen LogP contribution in [-0.4, -0.2) is 41.3 Å². The molecular formula is C11H21NOS. The lowest BCUT2D eigenvalue weighted by molar-refractivity contribution is -0.118. The number of carbonyl (C=O) groups is 1. The van der Waals surface area contributed by atoms with Gasteiger partial charge in [0.05, 0.1) is 0 Å². The third-order valence-electron chi connectivity index (χ3n) is 2.65.